The van der Waals surface area contributed by atoms with Crippen molar-refractivity contribution in [3.63, 3.8) is 0 Å². The van der Waals surface area contributed by atoms with E-state index < -0.39 is 0 Å². The van der Waals surface area contributed by atoms with Crippen LogP contribution in [0.4, 0.5) is 5.95 Å². The van der Waals surface area contributed by atoms with Crippen molar-refractivity contribution in [2.24, 2.45) is 12.5 Å². The molecule has 1 atom stereocenters. The molecule has 0 amide bonds. The SMILES string of the molecule is Cn1cccc(CN2CC(O)CC3(CCN(c4ncc(Cl)cn4)CC3)C2)c1=O. The van der Waals surface area contributed by atoms with Gasteiger partial charge in [-0.15, -0.1) is 0 Å². The summed E-state index contributed by atoms with van der Waals surface area (Å²) < 4.78 is 1.61. The molecule has 7 nitrogen and oxygen atoms in total. The molecule has 28 heavy (non-hydrogen) atoms. The van der Waals surface area contributed by atoms with Gasteiger partial charge in [-0.05, 0) is 30.7 Å². The Hall–Kier alpha value is -1.96. The van der Waals surface area contributed by atoms with Crippen LogP contribution in [0.5, 0.6) is 0 Å². The van der Waals surface area contributed by atoms with Crippen LogP contribution in [-0.4, -0.2) is 56.8 Å². The summed E-state index contributed by atoms with van der Waals surface area (Å²) in [5.74, 6) is 0.709. The lowest BCUT2D eigenvalue weighted by Gasteiger charge is -2.49. The molecule has 0 bridgehead atoms. The van der Waals surface area contributed by atoms with Crippen LogP contribution in [0.25, 0.3) is 0 Å². The summed E-state index contributed by atoms with van der Waals surface area (Å²) in [5, 5.41) is 11.1. The number of likely N-dealkylation sites (tertiary alicyclic amines) is 1. The van der Waals surface area contributed by atoms with Crippen LogP contribution < -0.4 is 10.5 Å². The van der Waals surface area contributed by atoms with E-state index >= 15 is 0 Å². The predicted octanol–water partition coefficient (Wildman–Crippen LogP) is 1.68. The third-order valence-corrected chi connectivity index (χ3v) is 6.20. The average molecular weight is 404 g/mol. The lowest BCUT2D eigenvalue weighted by atomic mass is 9.71. The molecule has 1 N–H and O–H groups in total. The maximum absolute atomic E-state index is 12.4. The number of aliphatic hydroxyl groups excluding tert-OH is 1. The summed E-state index contributed by atoms with van der Waals surface area (Å²) >= 11 is 5.89. The maximum atomic E-state index is 12.4. The van der Waals surface area contributed by atoms with Crippen molar-refractivity contribution in [3.05, 3.63) is 51.7 Å². The second-order valence-corrected chi connectivity index (χ2v) is 8.60. The van der Waals surface area contributed by atoms with Crippen molar-refractivity contribution >= 4 is 17.5 Å². The van der Waals surface area contributed by atoms with E-state index in [2.05, 4.69) is 19.8 Å². The van der Waals surface area contributed by atoms with Crippen molar-refractivity contribution in [2.45, 2.75) is 31.9 Å². The number of β-amino-alcohol motifs (C(OH)–C–C–N with tert-alkyl or cyclic N) is 1. The van der Waals surface area contributed by atoms with E-state index in [-0.39, 0.29) is 17.1 Å². The number of rotatable bonds is 3. The molecule has 4 rings (SSSR count). The summed E-state index contributed by atoms with van der Waals surface area (Å²) in [6.45, 7) is 3.81. The topological polar surface area (TPSA) is 74.5 Å². The summed E-state index contributed by atoms with van der Waals surface area (Å²) in [5.41, 5.74) is 0.883. The first-order valence-electron chi connectivity index (χ1n) is 9.72. The third-order valence-electron chi connectivity index (χ3n) is 6.01. The van der Waals surface area contributed by atoms with E-state index in [1.807, 2.05) is 12.1 Å². The monoisotopic (exact) mass is 403 g/mol. The Morgan fingerprint density at radius 1 is 1.29 bits per heavy atom. The molecule has 2 fully saturated rings. The molecule has 2 aromatic rings. The van der Waals surface area contributed by atoms with Crippen LogP contribution in [0.3, 0.4) is 0 Å². The number of anilines is 1. The van der Waals surface area contributed by atoms with Gasteiger partial charge in [-0.25, -0.2) is 9.97 Å². The van der Waals surface area contributed by atoms with Gasteiger partial charge in [0.05, 0.1) is 23.5 Å². The van der Waals surface area contributed by atoms with Crippen LogP contribution in [0, 0.1) is 5.41 Å². The summed E-state index contributed by atoms with van der Waals surface area (Å²) in [6, 6.07) is 3.79. The minimum Gasteiger partial charge on any atom is -0.392 e. The first-order chi connectivity index (χ1) is 13.4. The molecule has 150 valence electrons. The van der Waals surface area contributed by atoms with Gasteiger partial charge in [0.1, 0.15) is 0 Å². The van der Waals surface area contributed by atoms with Crippen LogP contribution in [0.2, 0.25) is 5.02 Å². The zero-order chi connectivity index (χ0) is 19.7. The van der Waals surface area contributed by atoms with Gasteiger partial charge >= 0.3 is 0 Å². The van der Waals surface area contributed by atoms with Gasteiger partial charge in [0.25, 0.3) is 5.56 Å². The van der Waals surface area contributed by atoms with Crippen molar-refractivity contribution < 1.29 is 5.11 Å². The highest BCUT2D eigenvalue weighted by atomic mass is 35.5. The number of nitrogens with zero attached hydrogens (tertiary/aromatic N) is 5. The molecular weight excluding hydrogens is 378 g/mol. The predicted molar refractivity (Wildman–Crippen MR) is 109 cm³/mol. The Morgan fingerprint density at radius 2 is 2.00 bits per heavy atom. The fraction of sp³-hybridized carbons (Fsp3) is 0.550. The van der Waals surface area contributed by atoms with Crippen molar-refractivity contribution in [1.29, 1.82) is 0 Å². The number of hydrogen-bond donors (Lipinski definition) is 1. The summed E-state index contributed by atoms with van der Waals surface area (Å²) in [6.07, 6.45) is 7.42. The van der Waals surface area contributed by atoms with Gasteiger partial charge in [0, 0.05) is 51.5 Å². The summed E-state index contributed by atoms with van der Waals surface area (Å²) in [4.78, 5) is 25.4. The molecule has 0 radical (unpaired) electrons. The molecule has 0 aliphatic carbocycles. The average Bonchev–Trinajstić information content (AvgIpc) is 2.66. The van der Waals surface area contributed by atoms with Crippen LogP contribution in [0.15, 0.2) is 35.5 Å². The Bertz CT molecular complexity index is 877. The van der Waals surface area contributed by atoms with Crippen molar-refractivity contribution in [3.8, 4) is 0 Å². The molecule has 1 unspecified atom stereocenters. The van der Waals surface area contributed by atoms with Crippen molar-refractivity contribution in [1.82, 2.24) is 19.4 Å². The van der Waals surface area contributed by atoms with Gasteiger partial charge < -0.3 is 14.6 Å². The number of aromatic nitrogens is 3. The lowest BCUT2D eigenvalue weighted by molar-refractivity contribution is -0.0254. The van der Waals surface area contributed by atoms with E-state index in [1.54, 1.807) is 30.2 Å². The van der Waals surface area contributed by atoms with Gasteiger partial charge in [0.15, 0.2) is 0 Å². The number of pyridine rings is 1. The van der Waals surface area contributed by atoms with E-state index in [0.717, 1.165) is 44.5 Å². The first kappa shape index (κ1) is 19.4. The second-order valence-electron chi connectivity index (χ2n) is 8.17. The minimum absolute atomic E-state index is 0.0336. The Balaban J connectivity index is 1.44. The van der Waals surface area contributed by atoms with Gasteiger partial charge in [-0.2, -0.15) is 0 Å². The van der Waals surface area contributed by atoms with Crippen molar-refractivity contribution in [2.75, 3.05) is 31.1 Å². The highest BCUT2D eigenvalue weighted by Gasteiger charge is 2.42. The number of halogens is 1. The van der Waals surface area contributed by atoms with E-state index in [1.165, 1.54) is 0 Å². The van der Waals surface area contributed by atoms with E-state index in [9.17, 15) is 9.90 Å². The highest BCUT2D eigenvalue weighted by Crippen LogP contribution is 2.40. The van der Waals surface area contributed by atoms with E-state index in [0.29, 0.717) is 24.1 Å². The zero-order valence-corrected chi connectivity index (χ0v) is 16.8. The van der Waals surface area contributed by atoms with Gasteiger partial charge in [-0.3, -0.25) is 9.69 Å². The van der Waals surface area contributed by atoms with Gasteiger partial charge in [0.2, 0.25) is 5.95 Å². The maximum Gasteiger partial charge on any atom is 0.254 e. The Morgan fingerprint density at radius 3 is 2.71 bits per heavy atom. The quantitative estimate of drug-likeness (QED) is 0.840. The first-order valence-corrected chi connectivity index (χ1v) is 10.1. The van der Waals surface area contributed by atoms with Crippen LogP contribution >= 0.6 is 11.6 Å². The molecule has 2 aromatic heterocycles. The largest absolute Gasteiger partial charge is 0.392 e. The zero-order valence-electron chi connectivity index (χ0n) is 16.1. The van der Waals surface area contributed by atoms with E-state index in [4.69, 9.17) is 11.6 Å². The Labute approximate surface area is 169 Å². The molecule has 4 heterocycles. The van der Waals surface area contributed by atoms with Gasteiger partial charge in [-0.1, -0.05) is 17.7 Å². The van der Waals surface area contributed by atoms with Crippen LogP contribution in [-0.2, 0) is 13.6 Å². The molecular formula is C20H26ClN5O2. The molecule has 2 aliphatic rings. The standard InChI is InChI=1S/C20H26ClN5O2/c1-24-6-2-3-15(18(24)28)12-25-13-17(27)9-20(14-25)4-7-26(8-5-20)19-22-10-16(21)11-23-19/h2-3,6,10-11,17,27H,4-5,7-9,12-14H2,1H3. The third kappa shape index (κ3) is 4.06. The minimum atomic E-state index is -0.361. The van der Waals surface area contributed by atoms with Crippen LogP contribution in [0.1, 0.15) is 24.8 Å². The smallest absolute Gasteiger partial charge is 0.254 e. The molecule has 2 aliphatic heterocycles. The molecule has 8 heteroatoms. The molecule has 2 saturated heterocycles. The highest BCUT2D eigenvalue weighted by molar-refractivity contribution is 6.30. The fourth-order valence-electron chi connectivity index (χ4n) is 4.61. The summed E-state index contributed by atoms with van der Waals surface area (Å²) in [7, 11) is 1.77. The molecule has 0 saturated carbocycles. The number of piperidine rings is 2. The lowest BCUT2D eigenvalue weighted by Crippen LogP contribution is -2.54. The fourth-order valence-corrected chi connectivity index (χ4v) is 4.71. The number of aryl methyl sites for hydroxylation is 1. The number of aliphatic hydroxyl groups is 1. The molecule has 0 aromatic carbocycles. The normalized spacial score (nSPS) is 22.5. The molecule has 1 spiro atoms. The Kier molecular flexibility index (Phi) is 5.40. The second kappa shape index (κ2) is 7.81. The number of hydrogen-bond acceptors (Lipinski definition) is 6.